The Hall–Kier alpha value is -1.52. The number of halogens is 1. The van der Waals surface area contributed by atoms with Crippen LogP contribution in [0.25, 0.3) is 0 Å². The Kier molecular flexibility index (Phi) is 3.91. The van der Waals surface area contributed by atoms with Crippen molar-refractivity contribution in [3.63, 3.8) is 0 Å². The molecule has 1 aliphatic rings. The fourth-order valence-electron chi connectivity index (χ4n) is 2.54. The molecule has 0 amide bonds. The van der Waals surface area contributed by atoms with Gasteiger partial charge in [-0.2, -0.15) is 8.42 Å². The van der Waals surface area contributed by atoms with Crippen LogP contribution in [0.4, 0.5) is 0 Å². The minimum absolute atomic E-state index is 0.102. The molecule has 0 unspecified atom stereocenters. The first kappa shape index (κ1) is 14.4. The number of aryl methyl sites for hydroxylation is 2. The van der Waals surface area contributed by atoms with Crippen molar-refractivity contribution >= 4 is 21.7 Å². The van der Waals surface area contributed by atoms with Crippen molar-refractivity contribution in [1.29, 1.82) is 0 Å². The standard InChI is InChI=1S/C16H15ClO3S/c17-14-6-9-16(10-7-14)21(18,19)20-15-8-5-12-3-1-2-4-13(12)11-15/h5-11H,1-4H2. The molecule has 2 aromatic carbocycles. The van der Waals surface area contributed by atoms with E-state index in [2.05, 4.69) is 0 Å². The maximum atomic E-state index is 12.2. The second-order valence-electron chi connectivity index (χ2n) is 5.13. The monoisotopic (exact) mass is 322 g/mol. The maximum absolute atomic E-state index is 12.2. The van der Waals surface area contributed by atoms with Gasteiger partial charge in [0.05, 0.1) is 0 Å². The summed E-state index contributed by atoms with van der Waals surface area (Å²) >= 11 is 5.77. The van der Waals surface area contributed by atoms with Crippen LogP contribution in [0.3, 0.4) is 0 Å². The molecule has 1 aliphatic carbocycles. The SMILES string of the molecule is O=S(=O)(Oc1ccc2c(c1)CCCC2)c1ccc(Cl)cc1. The Labute approximate surface area is 129 Å². The molecule has 0 saturated carbocycles. The summed E-state index contributed by atoms with van der Waals surface area (Å²) < 4.78 is 29.7. The zero-order chi connectivity index (χ0) is 14.9. The van der Waals surface area contributed by atoms with Crippen molar-refractivity contribution in [3.8, 4) is 5.75 Å². The third-order valence-electron chi connectivity index (χ3n) is 3.63. The molecule has 0 atom stereocenters. The lowest BCUT2D eigenvalue weighted by atomic mass is 9.92. The highest BCUT2D eigenvalue weighted by Crippen LogP contribution is 2.27. The van der Waals surface area contributed by atoms with E-state index in [1.165, 1.54) is 41.8 Å². The van der Waals surface area contributed by atoms with Crippen LogP contribution in [0.1, 0.15) is 24.0 Å². The summed E-state index contributed by atoms with van der Waals surface area (Å²) in [6.45, 7) is 0. The van der Waals surface area contributed by atoms with Crippen molar-refractivity contribution in [3.05, 3.63) is 58.6 Å². The summed E-state index contributed by atoms with van der Waals surface area (Å²) in [6.07, 6.45) is 4.36. The van der Waals surface area contributed by atoms with Gasteiger partial charge in [-0.3, -0.25) is 0 Å². The molecule has 21 heavy (non-hydrogen) atoms. The van der Waals surface area contributed by atoms with Crippen LogP contribution in [-0.2, 0) is 23.0 Å². The number of fused-ring (bicyclic) bond motifs is 1. The number of benzene rings is 2. The third-order valence-corrected chi connectivity index (χ3v) is 5.14. The Morgan fingerprint density at radius 1 is 0.905 bits per heavy atom. The molecule has 0 aromatic heterocycles. The van der Waals surface area contributed by atoms with Gasteiger partial charge in [-0.15, -0.1) is 0 Å². The Morgan fingerprint density at radius 3 is 2.29 bits per heavy atom. The first-order valence-corrected chi connectivity index (χ1v) is 8.65. The van der Waals surface area contributed by atoms with Gasteiger partial charge in [-0.1, -0.05) is 17.7 Å². The fourth-order valence-corrected chi connectivity index (χ4v) is 3.59. The van der Waals surface area contributed by atoms with Crippen molar-refractivity contribution in [1.82, 2.24) is 0 Å². The van der Waals surface area contributed by atoms with Gasteiger partial charge in [0.15, 0.2) is 0 Å². The first-order valence-electron chi connectivity index (χ1n) is 6.86. The number of hydrogen-bond acceptors (Lipinski definition) is 3. The number of rotatable bonds is 3. The molecule has 0 heterocycles. The van der Waals surface area contributed by atoms with Crippen molar-refractivity contribution in [2.24, 2.45) is 0 Å². The molecule has 0 saturated heterocycles. The lowest BCUT2D eigenvalue weighted by molar-refractivity contribution is 0.485. The van der Waals surface area contributed by atoms with Gasteiger partial charge in [-0.25, -0.2) is 0 Å². The molecule has 3 nitrogen and oxygen atoms in total. The van der Waals surface area contributed by atoms with E-state index in [4.69, 9.17) is 15.8 Å². The van der Waals surface area contributed by atoms with Crippen LogP contribution in [-0.4, -0.2) is 8.42 Å². The van der Waals surface area contributed by atoms with Crippen LogP contribution in [0.15, 0.2) is 47.4 Å². The summed E-state index contributed by atoms with van der Waals surface area (Å²) in [4.78, 5) is 0.102. The van der Waals surface area contributed by atoms with E-state index in [9.17, 15) is 8.42 Å². The predicted molar refractivity (Wildman–Crippen MR) is 82.3 cm³/mol. The van der Waals surface area contributed by atoms with E-state index in [-0.39, 0.29) is 4.90 Å². The lowest BCUT2D eigenvalue weighted by Crippen LogP contribution is -2.10. The molecule has 0 spiro atoms. The van der Waals surface area contributed by atoms with E-state index < -0.39 is 10.1 Å². The van der Waals surface area contributed by atoms with Gasteiger partial charge in [-0.05, 0) is 73.2 Å². The molecule has 0 bridgehead atoms. The van der Waals surface area contributed by atoms with Crippen molar-refractivity contribution in [2.45, 2.75) is 30.6 Å². The molecule has 5 heteroatoms. The molecule has 2 aromatic rings. The molecular formula is C16H15ClO3S. The second kappa shape index (κ2) is 5.70. The normalized spacial score (nSPS) is 14.5. The zero-order valence-corrected chi connectivity index (χ0v) is 13.0. The minimum Gasteiger partial charge on any atom is -0.379 e. The van der Waals surface area contributed by atoms with E-state index >= 15 is 0 Å². The second-order valence-corrected chi connectivity index (χ2v) is 7.11. The highest BCUT2D eigenvalue weighted by Gasteiger charge is 2.18. The van der Waals surface area contributed by atoms with Gasteiger partial charge < -0.3 is 4.18 Å². The highest BCUT2D eigenvalue weighted by molar-refractivity contribution is 7.87. The van der Waals surface area contributed by atoms with Crippen molar-refractivity contribution in [2.75, 3.05) is 0 Å². The molecule has 3 rings (SSSR count). The van der Waals surface area contributed by atoms with E-state index in [0.29, 0.717) is 10.8 Å². The van der Waals surface area contributed by atoms with Crippen LogP contribution < -0.4 is 4.18 Å². The lowest BCUT2D eigenvalue weighted by Gasteiger charge is -2.16. The topological polar surface area (TPSA) is 43.4 Å². The molecule has 0 radical (unpaired) electrons. The minimum atomic E-state index is -3.82. The Bertz CT molecular complexity index is 752. The molecule has 0 fully saturated rings. The summed E-state index contributed by atoms with van der Waals surface area (Å²) in [7, 11) is -3.82. The third kappa shape index (κ3) is 3.22. The molecular weight excluding hydrogens is 308 g/mol. The van der Waals surface area contributed by atoms with Crippen LogP contribution in [0, 0.1) is 0 Å². The smallest absolute Gasteiger partial charge is 0.339 e. The number of hydrogen-bond donors (Lipinski definition) is 0. The average Bonchev–Trinajstić information content (AvgIpc) is 2.47. The summed E-state index contributed by atoms with van der Waals surface area (Å²) in [5, 5.41) is 0.489. The average molecular weight is 323 g/mol. The van der Waals surface area contributed by atoms with E-state index in [1.54, 1.807) is 6.07 Å². The maximum Gasteiger partial charge on any atom is 0.339 e. The van der Waals surface area contributed by atoms with E-state index in [1.807, 2.05) is 12.1 Å². The van der Waals surface area contributed by atoms with Crippen molar-refractivity contribution < 1.29 is 12.6 Å². The van der Waals surface area contributed by atoms with Gasteiger partial charge >= 0.3 is 10.1 Å². The first-order chi connectivity index (χ1) is 10.0. The van der Waals surface area contributed by atoms with Crippen LogP contribution in [0.2, 0.25) is 5.02 Å². The summed E-state index contributed by atoms with van der Waals surface area (Å²) in [5.41, 5.74) is 2.47. The van der Waals surface area contributed by atoms with Crippen LogP contribution in [0.5, 0.6) is 5.75 Å². The fraction of sp³-hybridized carbons (Fsp3) is 0.250. The van der Waals surface area contributed by atoms with Gasteiger partial charge in [0.2, 0.25) is 0 Å². The van der Waals surface area contributed by atoms with Gasteiger partial charge in [0.1, 0.15) is 10.6 Å². The molecule has 0 aliphatic heterocycles. The Morgan fingerprint density at radius 2 is 1.57 bits per heavy atom. The summed E-state index contributed by atoms with van der Waals surface area (Å²) in [6, 6.07) is 11.5. The highest BCUT2D eigenvalue weighted by atomic mass is 35.5. The quantitative estimate of drug-likeness (QED) is 0.803. The zero-order valence-electron chi connectivity index (χ0n) is 11.4. The predicted octanol–water partition coefficient (Wildman–Crippen LogP) is 3.99. The molecule has 0 N–H and O–H groups in total. The van der Waals surface area contributed by atoms with Gasteiger partial charge in [0, 0.05) is 5.02 Å². The summed E-state index contributed by atoms with van der Waals surface area (Å²) in [5.74, 6) is 0.366. The largest absolute Gasteiger partial charge is 0.379 e. The van der Waals surface area contributed by atoms with Gasteiger partial charge in [0.25, 0.3) is 0 Å². The molecule has 110 valence electrons. The Balaban J connectivity index is 1.87. The van der Waals surface area contributed by atoms with Crippen LogP contribution >= 0.6 is 11.6 Å². The van der Waals surface area contributed by atoms with E-state index in [0.717, 1.165) is 19.3 Å².